The highest BCUT2D eigenvalue weighted by atomic mass is 15.3. The van der Waals surface area contributed by atoms with Crippen molar-refractivity contribution in [2.75, 3.05) is 13.1 Å². The molecule has 16 heavy (non-hydrogen) atoms. The van der Waals surface area contributed by atoms with E-state index in [4.69, 9.17) is 5.73 Å². The van der Waals surface area contributed by atoms with Gasteiger partial charge in [0.1, 0.15) is 11.6 Å². The van der Waals surface area contributed by atoms with Gasteiger partial charge in [-0.2, -0.15) is 0 Å². The second-order valence-corrected chi connectivity index (χ2v) is 5.00. The Hall–Kier alpha value is -0.940. The predicted octanol–water partition coefficient (Wildman–Crippen LogP) is -0.296. The van der Waals surface area contributed by atoms with Gasteiger partial charge in [-0.15, -0.1) is 10.2 Å². The average molecular weight is 221 g/mol. The van der Waals surface area contributed by atoms with Crippen LogP contribution in [0.25, 0.3) is 0 Å². The number of fused-ring (bicyclic) bond motifs is 1. The van der Waals surface area contributed by atoms with Crippen molar-refractivity contribution in [3.8, 4) is 0 Å². The predicted molar refractivity (Wildman–Crippen MR) is 61.0 cm³/mol. The fraction of sp³-hybridized carbons (Fsp3) is 0.818. The number of nitrogens with zero attached hydrogens (tertiary/aromatic N) is 3. The number of hydrogen-bond donors (Lipinski definition) is 2. The topological polar surface area (TPSA) is 68.8 Å². The van der Waals surface area contributed by atoms with E-state index < -0.39 is 0 Å². The fourth-order valence-electron chi connectivity index (χ4n) is 2.71. The summed E-state index contributed by atoms with van der Waals surface area (Å²) >= 11 is 0. The third kappa shape index (κ3) is 1.85. The minimum atomic E-state index is 0.281. The van der Waals surface area contributed by atoms with Crippen LogP contribution >= 0.6 is 0 Å². The molecular formula is C11H19N5. The van der Waals surface area contributed by atoms with E-state index in [0.717, 1.165) is 56.5 Å². The van der Waals surface area contributed by atoms with E-state index in [9.17, 15) is 0 Å². The monoisotopic (exact) mass is 221 g/mol. The summed E-state index contributed by atoms with van der Waals surface area (Å²) < 4.78 is 2.24. The molecule has 3 heterocycles. The van der Waals surface area contributed by atoms with Gasteiger partial charge in [-0.25, -0.2) is 0 Å². The highest BCUT2D eigenvalue weighted by Crippen LogP contribution is 2.18. The maximum absolute atomic E-state index is 6.00. The molecule has 5 nitrogen and oxygen atoms in total. The van der Waals surface area contributed by atoms with E-state index in [1.807, 2.05) is 0 Å². The molecule has 1 fully saturated rings. The molecule has 1 aromatic heterocycles. The van der Waals surface area contributed by atoms with Gasteiger partial charge in [0, 0.05) is 25.4 Å². The summed E-state index contributed by atoms with van der Waals surface area (Å²) in [6.07, 6.45) is 4.33. The van der Waals surface area contributed by atoms with Crippen molar-refractivity contribution in [3.05, 3.63) is 11.6 Å². The van der Waals surface area contributed by atoms with E-state index in [1.165, 1.54) is 6.42 Å². The Balaban J connectivity index is 1.77. The molecule has 88 valence electrons. The molecule has 5 heteroatoms. The first kappa shape index (κ1) is 10.2. The van der Waals surface area contributed by atoms with E-state index in [-0.39, 0.29) is 6.04 Å². The number of aryl methyl sites for hydroxylation is 1. The van der Waals surface area contributed by atoms with Crippen LogP contribution in [0.3, 0.4) is 0 Å². The number of hydrogen-bond acceptors (Lipinski definition) is 4. The van der Waals surface area contributed by atoms with Crippen LogP contribution in [-0.2, 0) is 19.4 Å². The first-order valence-electron chi connectivity index (χ1n) is 6.20. The summed E-state index contributed by atoms with van der Waals surface area (Å²) in [7, 11) is 0. The molecule has 1 aromatic rings. The Morgan fingerprint density at radius 2 is 2.31 bits per heavy atom. The molecule has 3 rings (SSSR count). The summed E-state index contributed by atoms with van der Waals surface area (Å²) in [6.45, 7) is 3.16. The Morgan fingerprint density at radius 3 is 3.12 bits per heavy atom. The molecule has 0 aromatic carbocycles. The molecule has 2 aliphatic rings. The summed E-state index contributed by atoms with van der Waals surface area (Å²) in [5.41, 5.74) is 6.00. The van der Waals surface area contributed by atoms with E-state index >= 15 is 0 Å². The lowest BCUT2D eigenvalue weighted by Crippen LogP contribution is -2.33. The molecule has 2 aliphatic heterocycles. The fourth-order valence-corrected chi connectivity index (χ4v) is 2.71. The number of rotatable bonds is 2. The van der Waals surface area contributed by atoms with Crippen molar-refractivity contribution in [2.24, 2.45) is 11.7 Å². The Labute approximate surface area is 95.4 Å². The Morgan fingerprint density at radius 1 is 1.38 bits per heavy atom. The van der Waals surface area contributed by atoms with Crippen molar-refractivity contribution in [1.82, 2.24) is 20.1 Å². The van der Waals surface area contributed by atoms with Crippen LogP contribution in [0.2, 0.25) is 0 Å². The van der Waals surface area contributed by atoms with Gasteiger partial charge >= 0.3 is 0 Å². The zero-order valence-corrected chi connectivity index (χ0v) is 9.52. The number of nitrogens with one attached hydrogen (secondary N) is 1. The molecule has 2 atom stereocenters. The minimum absolute atomic E-state index is 0.281. The first-order chi connectivity index (χ1) is 7.83. The van der Waals surface area contributed by atoms with E-state index in [0.29, 0.717) is 0 Å². The highest BCUT2D eigenvalue weighted by molar-refractivity contribution is 5.02. The molecule has 0 amide bonds. The van der Waals surface area contributed by atoms with Gasteiger partial charge in [0.2, 0.25) is 0 Å². The summed E-state index contributed by atoms with van der Waals surface area (Å²) in [6, 6.07) is 0.281. The molecule has 1 saturated heterocycles. The largest absolute Gasteiger partial charge is 0.326 e. The van der Waals surface area contributed by atoms with Crippen LogP contribution in [-0.4, -0.2) is 33.9 Å². The molecule has 0 saturated carbocycles. The zero-order chi connectivity index (χ0) is 11.0. The molecule has 3 N–H and O–H groups in total. The van der Waals surface area contributed by atoms with Crippen molar-refractivity contribution in [1.29, 1.82) is 0 Å². The third-order valence-electron chi connectivity index (χ3n) is 3.69. The van der Waals surface area contributed by atoms with Crippen LogP contribution in [0, 0.1) is 5.92 Å². The van der Waals surface area contributed by atoms with Gasteiger partial charge in [-0.05, 0) is 31.8 Å². The van der Waals surface area contributed by atoms with Gasteiger partial charge in [-0.3, -0.25) is 0 Å². The highest BCUT2D eigenvalue weighted by Gasteiger charge is 2.23. The standard InChI is InChI=1S/C11H19N5/c12-9-1-2-10-14-15-11(16(10)7-9)5-8-3-4-13-6-8/h8-9,13H,1-7,12H2. The van der Waals surface area contributed by atoms with Gasteiger partial charge in [0.25, 0.3) is 0 Å². The van der Waals surface area contributed by atoms with E-state index in [1.54, 1.807) is 0 Å². The van der Waals surface area contributed by atoms with Gasteiger partial charge < -0.3 is 15.6 Å². The van der Waals surface area contributed by atoms with Crippen molar-refractivity contribution < 1.29 is 0 Å². The second-order valence-electron chi connectivity index (χ2n) is 5.00. The quantitative estimate of drug-likeness (QED) is 0.719. The van der Waals surface area contributed by atoms with Crippen LogP contribution in [0.1, 0.15) is 24.5 Å². The van der Waals surface area contributed by atoms with Gasteiger partial charge in [0.15, 0.2) is 0 Å². The SMILES string of the molecule is NC1CCc2nnc(CC3CCNC3)n2C1. The molecule has 2 unspecified atom stereocenters. The maximum atomic E-state index is 6.00. The lowest BCUT2D eigenvalue weighted by Gasteiger charge is -2.21. The third-order valence-corrected chi connectivity index (χ3v) is 3.69. The molecular weight excluding hydrogens is 202 g/mol. The van der Waals surface area contributed by atoms with Crippen LogP contribution in [0.15, 0.2) is 0 Å². The molecule has 0 aliphatic carbocycles. The first-order valence-corrected chi connectivity index (χ1v) is 6.20. The number of nitrogens with two attached hydrogens (primary N) is 1. The Kier molecular flexibility index (Phi) is 2.65. The van der Waals surface area contributed by atoms with Gasteiger partial charge in [0.05, 0.1) is 0 Å². The molecule has 0 spiro atoms. The summed E-state index contributed by atoms with van der Waals surface area (Å²) in [4.78, 5) is 0. The van der Waals surface area contributed by atoms with Crippen LogP contribution in [0.5, 0.6) is 0 Å². The Bertz CT molecular complexity index is 366. The average Bonchev–Trinajstić information content (AvgIpc) is 2.90. The maximum Gasteiger partial charge on any atom is 0.133 e. The summed E-state index contributed by atoms with van der Waals surface area (Å²) in [5, 5.41) is 12.0. The van der Waals surface area contributed by atoms with Crippen molar-refractivity contribution >= 4 is 0 Å². The van der Waals surface area contributed by atoms with Crippen LogP contribution < -0.4 is 11.1 Å². The smallest absolute Gasteiger partial charge is 0.133 e. The summed E-state index contributed by atoms with van der Waals surface area (Å²) in [5.74, 6) is 2.99. The molecule has 0 bridgehead atoms. The molecule has 0 radical (unpaired) electrons. The lowest BCUT2D eigenvalue weighted by atomic mass is 10.0. The van der Waals surface area contributed by atoms with Crippen molar-refractivity contribution in [2.45, 2.75) is 38.3 Å². The zero-order valence-electron chi connectivity index (χ0n) is 9.52. The number of aromatic nitrogens is 3. The lowest BCUT2D eigenvalue weighted by molar-refractivity contribution is 0.432. The normalized spacial score (nSPS) is 29.3. The minimum Gasteiger partial charge on any atom is -0.326 e. The second kappa shape index (κ2) is 4.14. The van der Waals surface area contributed by atoms with Crippen molar-refractivity contribution in [3.63, 3.8) is 0 Å². The van der Waals surface area contributed by atoms with Gasteiger partial charge in [-0.1, -0.05) is 0 Å². The van der Waals surface area contributed by atoms with Crippen LogP contribution in [0.4, 0.5) is 0 Å². The van der Waals surface area contributed by atoms with E-state index in [2.05, 4.69) is 20.1 Å².